The van der Waals surface area contributed by atoms with Crippen molar-refractivity contribution in [1.82, 2.24) is 9.29 Å². The quantitative estimate of drug-likeness (QED) is 0.357. The van der Waals surface area contributed by atoms with Gasteiger partial charge >= 0.3 is 0 Å². The zero-order valence-corrected chi connectivity index (χ0v) is 12.9. The summed E-state index contributed by atoms with van der Waals surface area (Å²) in [5.74, 6) is -6.25. The predicted octanol–water partition coefficient (Wildman–Crippen LogP) is 3.99. The van der Waals surface area contributed by atoms with E-state index in [2.05, 4.69) is 4.98 Å². The topological polar surface area (TPSA) is 16.1 Å². The largest absolute Gasteiger partial charge is 0.265 e. The average molecular weight is 330 g/mol. The average Bonchev–Trinajstić information content (AvgIpc) is 2.51. The molecule has 0 aliphatic rings. The third-order valence-corrected chi connectivity index (χ3v) is 3.98. The van der Waals surface area contributed by atoms with E-state index in [1.165, 1.54) is 4.31 Å². The van der Waals surface area contributed by atoms with Crippen molar-refractivity contribution in [1.29, 1.82) is 0 Å². The lowest BCUT2D eigenvalue weighted by Crippen LogP contribution is -2.10. The Kier molecular flexibility index (Phi) is 5.42. The van der Waals surface area contributed by atoms with Crippen molar-refractivity contribution < 1.29 is 17.6 Å². The van der Waals surface area contributed by atoms with Crippen LogP contribution < -0.4 is 0 Å². The van der Waals surface area contributed by atoms with E-state index >= 15 is 0 Å². The summed E-state index contributed by atoms with van der Waals surface area (Å²) >= 11 is 0.823. The monoisotopic (exact) mass is 330 g/mol. The Morgan fingerprint density at radius 3 is 2.09 bits per heavy atom. The molecule has 0 saturated heterocycles. The van der Waals surface area contributed by atoms with Gasteiger partial charge in [-0.1, -0.05) is 0 Å². The first kappa shape index (κ1) is 16.8. The smallest absolute Gasteiger partial charge is 0.198 e. The molecule has 2 aromatic rings. The number of hydrogen-bond acceptors (Lipinski definition) is 3. The molecule has 2 nitrogen and oxygen atoms in total. The number of aromatic nitrogens is 1. The fourth-order valence-electron chi connectivity index (χ4n) is 1.98. The maximum absolute atomic E-state index is 14.0. The van der Waals surface area contributed by atoms with Gasteiger partial charge < -0.3 is 0 Å². The van der Waals surface area contributed by atoms with Gasteiger partial charge in [-0.25, -0.2) is 17.6 Å². The van der Waals surface area contributed by atoms with Gasteiger partial charge in [0.15, 0.2) is 23.3 Å². The summed E-state index contributed by atoms with van der Waals surface area (Å²) in [5, 5.41) is 0. The van der Waals surface area contributed by atoms with Crippen LogP contribution in [-0.4, -0.2) is 23.4 Å². The standard InChI is InChI=1S/C15H14F4N2S/c1-21(2)22-15-10(4-3-9-5-7-20-8-6-9)11(16)12(17)13(18)14(15)19/h5-8H,3-4H2,1-2H3. The molecule has 7 heteroatoms. The molecule has 0 N–H and O–H groups in total. The summed E-state index contributed by atoms with van der Waals surface area (Å²) < 4.78 is 56.4. The van der Waals surface area contributed by atoms with Crippen LogP contribution >= 0.6 is 11.9 Å². The van der Waals surface area contributed by atoms with Gasteiger partial charge in [0, 0.05) is 18.0 Å². The molecule has 1 aromatic heterocycles. The van der Waals surface area contributed by atoms with Crippen LogP contribution in [0.15, 0.2) is 29.4 Å². The molecule has 1 aromatic carbocycles. The van der Waals surface area contributed by atoms with Crippen molar-refractivity contribution in [3.05, 3.63) is 58.9 Å². The second kappa shape index (κ2) is 7.11. The van der Waals surface area contributed by atoms with Crippen LogP contribution in [0.2, 0.25) is 0 Å². The molecule has 0 spiro atoms. The van der Waals surface area contributed by atoms with Gasteiger partial charge in [-0.15, -0.1) is 0 Å². The minimum atomic E-state index is -1.78. The molecule has 22 heavy (non-hydrogen) atoms. The summed E-state index contributed by atoms with van der Waals surface area (Å²) in [6.07, 6.45) is 3.57. The maximum Gasteiger partial charge on any atom is 0.198 e. The van der Waals surface area contributed by atoms with E-state index in [1.807, 2.05) is 0 Å². The van der Waals surface area contributed by atoms with Crippen molar-refractivity contribution in [2.24, 2.45) is 0 Å². The molecule has 0 radical (unpaired) electrons. The third kappa shape index (κ3) is 3.59. The first-order chi connectivity index (χ1) is 10.4. The normalized spacial score (nSPS) is 11.2. The minimum absolute atomic E-state index is 0.0557. The number of pyridine rings is 1. The first-order valence-corrected chi connectivity index (χ1v) is 7.28. The SMILES string of the molecule is CN(C)Sc1c(F)c(F)c(F)c(F)c1CCc1ccncc1. The van der Waals surface area contributed by atoms with Gasteiger partial charge in [0.2, 0.25) is 0 Å². The van der Waals surface area contributed by atoms with Crippen LogP contribution in [0.4, 0.5) is 17.6 Å². The van der Waals surface area contributed by atoms with Gasteiger partial charge in [0.05, 0.1) is 4.90 Å². The maximum atomic E-state index is 14.0. The molecule has 2 rings (SSSR count). The molecule has 0 atom stereocenters. The highest BCUT2D eigenvalue weighted by Crippen LogP contribution is 2.33. The predicted molar refractivity (Wildman–Crippen MR) is 77.5 cm³/mol. The number of hydrogen-bond donors (Lipinski definition) is 0. The number of benzene rings is 1. The van der Waals surface area contributed by atoms with Gasteiger partial charge in [-0.05, 0) is 56.6 Å². The molecule has 0 aliphatic carbocycles. The van der Waals surface area contributed by atoms with E-state index in [-0.39, 0.29) is 16.9 Å². The summed E-state index contributed by atoms with van der Waals surface area (Å²) in [7, 11) is 3.21. The Morgan fingerprint density at radius 1 is 0.909 bits per heavy atom. The third-order valence-electron chi connectivity index (χ3n) is 3.00. The van der Waals surface area contributed by atoms with Crippen LogP contribution in [0, 0.1) is 23.3 Å². The van der Waals surface area contributed by atoms with Crippen LogP contribution in [0.3, 0.4) is 0 Å². The van der Waals surface area contributed by atoms with Crippen molar-refractivity contribution in [3.63, 3.8) is 0 Å². The molecule has 1 heterocycles. The van der Waals surface area contributed by atoms with Crippen molar-refractivity contribution >= 4 is 11.9 Å². The van der Waals surface area contributed by atoms with E-state index in [0.717, 1.165) is 17.5 Å². The first-order valence-electron chi connectivity index (χ1n) is 6.50. The zero-order valence-electron chi connectivity index (χ0n) is 12.0. The number of nitrogens with zero attached hydrogens (tertiary/aromatic N) is 2. The van der Waals surface area contributed by atoms with E-state index in [1.54, 1.807) is 38.6 Å². The van der Waals surface area contributed by atoms with Crippen LogP contribution in [0.1, 0.15) is 11.1 Å². The van der Waals surface area contributed by atoms with E-state index < -0.39 is 23.3 Å². The molecule has 0 aliphatic heterocycles. The Morgan fingerprint density at radius 2 is 1.50 bits per heavy atom. The second-order valence-electron chi connectivity index (χ2n) is 4.82. The number of aryl methyl sites for hydroxylation is 1. The second-order valence-corrected chi connectivity index (χ2v) is 6.14. The lowest BCUT2D eigenvalue weighted by Gasteiger charge is -2.16. The summed E-state index contributed by atoms with van der Waals surface area (Å²) in [4.78, 5) is 3.63. The summed E-state index contributed by atoms with van der Waals surface area (Å²) in [6.45, 7) is 0. The van der Waals surface area contributed by atoms with Gasteiger partial charge in [-0.3, -0.25) is 9.29 Å². The van der Waals surface area contributed by atoms with Crippen molar-refractivity contribution in [2.75, 3.05) is 14.1 Å². The molecule has 0 bridgehead atoms. The van der Waals surface area contributed by atoms with Gasteiger partial charge in [0.1, 0.15) is 0 Å². The van der Waals surface area contributed by atoms with Gasteiger partial charge in [0.25, 0.3) is 0 Å². The van der Waals surface area contributed by atoms with Crippen molar-refractivity contribution in [3.8, 4) is 0 Å². The molecule has 118 valence electrons. The Hall–Kier alpha value is -1.60. The lowest BCUT2D eigenvalue weighted by atomic mass is 10.0. The van der Waals surface area contributed by atoms with E-state index in [4.69, 9.17) is 0 Å². The van der Waals surface area contributed by atoms with E-state index in [0.29, 0.717) is 6.42 Å². The molecule has 0 saturated carbocycles. The Bertz CT molecular complexity index is 663. The van der Waals surface area contributed by atoms with Crippen LogP contribution in [0.25, 0.3) is 0 Å². The Labute approximate surface area is 130 Å². The fraction of sp³-hybridized carbons (Fsp3) is 0.267. The number of halogens is 4. The summed E-state index contributed by atoms with van der Waals surface area (Å²) in [5.41, 5.74) is 0.687. The highest BCUT2D eigenvalue weighted by molar-refractivity contribution is 7.97. The Balaban J connectivity index is 2.39. The minimum Gasteiger partial charge on any atom is -0.265 e. The van der Waals surface area contributed by atoms with E-state index in [9.17, 15) is 17.6 Å². The molecule has 0 amide bonds. The molecule has 0 unspecified atom stereocenters. The lowest BCUT2D eigenvalue weighted by molar-refractivity contribution is 0.391. The van der Waals surface area contributed by atoms with Gasteiger partial charge in [-0.2, -0.15) is 0 Å². The molecular formula is C15H14F4N2S. The summed E-state index contributed by atoms with van der Waals surface area (Å²) in [6, 6.07) is 3.46. The zero-order chi connectivity index (χ0) is 16.3. The highest BCUT2D eigenvalue weighted by atomic mass is 32.2. The van der Waals surface area contributed by atoms with Crippen LogP contribution in [-0.2, 0) is 12.8 Å². The van der Waals surface area contributed by atoms with Crippen LogP contribution in [0.5, 0.6) is 0 Å². The van der Waals surface area contributed by atoms with Crippen molar-refractivity contribution in [2.45, 2.75) is 17.7 Å². The number of rotatable bonds is 5. The molecule has 0 fully saturated rings. The highest BCUT2D eigenvalue weighted by Gasteiger charge is 2.25. The molecular weight excluding hydrogens is 316 g/mol. The fourth-order valence-corrected chi connectivity index (χ4v) is 2.81.